The Labute approximate surface area is 138 Å². The molecule has 0 unspecified atom stereocenters. The molecule has 5 heteroatoms. The number of esters is 1. The Morgan fingerprint density at radius 3 is 2.04 bits per heavy atom. The molecule has 23 heavy (non-hydrogen) atoms. The Kier molecular flexibility index (Phi) is 6.19. The van der Waals surface area contributed by atoms with Crippen molar-refractivity contribution in [2.75, 3.05) is 14.1 Å². The third-order valence-corrected chi connectivity index (χ3v) is 3.74. The average Bonchev–Trinajstić information content (AvgIpc) is 2.45. The van der Waals surface area contributed by atoms with Crippen molar-refractivity contribution in [3.05, 3.63) is 28.8 Å². The van der Waals surface area contributed by atoms with Gasteiger partial charge >= 0.3 is 5.97 Å². The van der Waals surface area contributed by atoms with Crippen molar-refractivity contribution in [3.8, 4) is 5.75 Å². The van der Waals surface area contributed by atoms with Gasteiger partial charge in [-0.2, -0.15) is 0 Å². The Hall–Kier alpha value is -2.04. The molecule has 0 aromatic heterocycles. The van der Waals surface area contributed by atoms with Crippen LogP contribution in [-0.4, -0.2) is 42.1 Å². The van der Waals surface area contributed by atoms with Gasteiger partial charge in [0.15, 0.2) is 6.10 Å². The van der Waals surface area contributed by atoms with Crippen LogP contribution in [0, 0.1) is 0 Å². The zero-order valence-corrected chi connectivity index (χ0v) is 15.0. The van der Waals surface area contributed by atoms with E-state index < -0.39 is 12.1 Å². The van der Waals surface area contributed by atoms with E-state index in [0.29, 0.717) is 5.56 Å². The highest BCUT2D eigenvalue weighted by atomic mass is 16.5. The van der Waals surface area contributed by atoms with E-state index in [2.05, 4.69) is 0 Å². The van der Waals surface area contributed by atoms with Gasteiger partial charge in [0.2, 0.25) is 0 Å². The SMILES string of the molecule is CC(C)c1cc(C(=O)O[C@H](C)C(=O)N(C)C)c(O)c(C(C)C)c1. The lowest BCUT2D eigenvalue weighted by molar-refractivity contribution is -0.137. The molecule has 0 heterocycles. The molecule has 0 bridgehead atoms. The topological polar surface area (TPSA) is 66.8 Å². The van der Waals surface area contributed by atoms with Crippen molar-refractivity contribution in [1.29, 1.82) is 0 Å². The molecule has 5 nitrogen and oxygen atoms in total. The maximum Gasteiger partial charge on any atom is 0.342 e. The number of ether oxygens (including phenoxy) is 1. The maximum absolute atomic E-state index is 12.4. The van der Waals surface area contributed by atoms with E-state index in [1.807, 2.05) is 33.8 Å². The molecule has 1 atom stereocenters. The fourth-order valence-corrected chi connectivity index (χ4v) is 2.25. The van der Waals surface area contributed by atoms with Gasteiger partial charge < -0.3 is 14.7 Å². The fraction of sp³-hybridized carbons (Fsp3) is 0.556. The number of carbonyl (C=O) groups is 2. The van der Waals surface area contributed by atoms with E-state index in [1.54, 1.807) is 20.2 Å². The second-order valence-electron chi connectivity index (χ2n) is 6.60. The lowest BCUT2D eigenvalue weighted by Gasteiger charge is -2.19. The number of hydrogen-bond acceptors (Lipinski definition) is 4. The summed E-state index contributed by atoms with van der Waals surface area (Å²) in [4.78, 5) is 25.6. The van der Waals surface area contributed by atoms with E-state index in [-0.39, 0.29) is 29.1 Å². The summed E-state index contributed by atoms with van der Waals surface area (Å²) >= 11 is 0. The number of amides is 1. The molecule has 0 fully saturated rings. The number of aromatic hydroxyl groups is 1. The third-order valence-electron chi connectivity index (χ3n) is 3.74. The molecule has 0 radical (unpaired) electrons. The second kappa shape index (κ2) is 7.49. The first-order valence-corrected chi connectivity index (χ1v) is 7.85. The van der Waals surface area contributed by atoms with Crippen LogP contribution in [0.4, 0.5) is 0 Å². The molecule has 0 saturated heterocycles. The predicted molar refractivity (Wildman–Crippen MR) is 89.9 cm³/mol. The molecule has 1 aromatic carbocycles. The van der Waals surface area contributed by atoms with E-state index in [4.69, 9.17) is 4.74 Å². The summed E-state index contributed by atoms with van der Waals surface area (Å²) in [6.45, 7) is 9.46. The highest BCUT2D eigenvalue weighted by Gasteiger charge is 2.24. The first-order valence-electron chi connectivity index (χ1n) is 7.85. The van der Waals surface area contributed by atoms with Gasteiger partial charge in [0.1, 0.15) is 11.3 Å². The molecule has 128 valence electrons. The van der Waals surface area contributed by atoms with Crippen molar-refractivity contribution in [1.82, 2.24) is 4.90 Å². The molecule has 1 rings (SSSR count). The van der Waals surface area contributed by atoms with Crippen molar-refractivity contribution in [2.45, 2.75) is 52.6 Å². The first kappa shape index (κ1) is 19.0. The van der Waals surface area contributed by atoms with Crippen LogP contribution in [0.1, 0.15) is 67.9 Å². The molecule has 0 aliphatic heterocycles. The van der Waals surface area contributed by atoms with Crippen molar-refractivity contribution in [2.24, 2.45) is 0 Å². The molecule has 0 spiro atoms. The molecular weight excluding hydrogens is 294 g/mol. The Bertz CT molecular complexity index is 591. The minimum Gasteiger partial charge on any atom is -0.507 e. The average molecular weight is 321 g/mol. The number of phenolic OH excluding ortho intramolecular Hbond substituents is 1. The lowest BCUT2D eigenvalue weighted by atomic mass is 9.92. The smallest absolute Gasteiger partial charge is 0.342 e. The monoisotopic (exact) mass is 321 g/mol. The molecule has 0 aliphatic carbocycles. The summed E-state index contributed by atoms with van der Waals surface area (Å²) < 4.78 is 5.22. The Morgan fingerprint density at radius 2 is 1.61 bits per heavy atom. The van der Waals surface area contributed by atoms with Gasteiger partial charge in [0.05, 0.1) is 0 Å². The minimum atomic E-state index is -0.901. The standard InChI is InChI=1S/C18H27NO4/c1-10(2)13-8-14(11(3)4)16(20)15(9-13)18(22)23-12(5)17(21)19(6)7/h8-12,20H,1-7H3/t12-/m1/s1. The van der Waals surface area contributed by atoms with Crippen LogP contribution in [0.25, 0.3) is 0 Å². The Balaban J connectivity index is 3.20. The highest BCUT2D eigenvalue weighted by Crippen LogP contribution is 2.33. The molecule has 0 aliphatic rings. The normalized spacial score (nSPS) is 12.4. The van der Waals surface area contributed by atoms with Crippen molar-refractivity contribution >= 4 is 11.9 Å². The quantitative estimate of drug-likeness (QED) is 0.845. The van der Waals surface area contributed by atoms with Crippen LogP contribution in [0.15, 0.2) is 12.1 Å². The number of nitrogens with zero attached hydrogens (tertiary/aromatic N) is 1. The summed E-state index contributed by atoms with van der Waals surface area (Å²) in [7, 11) is 3.20. The Morgan fingerprint density at radius 1 is 1.04 bits per heavy atom. The van der Waals surface area contributed by atoms with Gasteiger partial charge in [-0.3, -0.25) is 4.79 Å². The highest BCUT2D eigenvalue weighted by molar-refractivity contribution is 5.95. The molecule has 1 N–H and O–H groups in total. The van der Waals surface area contributed by atoms with Crippen molar-refractivity contribution < 1.29 is 19.4 Å². The summed E-state index contributed by atoms with van der Waals surface area (Å²) in [6.07, 6.45) is -0.901. The van der Waals surface area contributed by atoms with E-state index in [9.17, 15) is 14.7 Å². The lowest BCUT2D eigenvalue weighted by Crippen LogP contribution is -2.35. The van der Waals surface area contributed by atoms with Gasteiger partial charge in [-0.1, -0.05) is 33.8 Å². The van der Waals surface area contributed by atoms with Crippen molar-refractivity contribution in [3.63, 3.8) is 0 Å². The van der Waals surface area contributed by atoms with Crippen LogP contribution in [-0.2, 0) is 9.53 Å². The van der Waals surface area contributed by atoms with Crippen LogP contribution in [0.3, 0.4) is 0 Å². The number of likely N-dealkylation sites (N-methyl/N-ethyl adjacent to an activating group) is 1. The van der Waals surface area contributed by atoms with Crippen LogP contribution >= 0.6 is 0 Å². The molecule has 0 saturated carbocycles. The van der Waals surface area contributed by atoms with Crippen LogP contribution in [0.2, 0.25) is 0 Å². The van der Waals surface area contributed by atoms with Crippen LogP contribution in [0.5, 0.6) is 5.75 Å². The van der Waals surface area contributed by atoms with Crippen LogP contribution < -0.4 is 0 Å². The summed E-state index contributed by atoms with van der Waals surface area (Å²) in [5, 5.41) is 10.4. The van der Waals surface area contributed by atoms with Gasteiger partial charge in [0, 0.05) is 14.1 Å². The second-order valence-corrected chi connectivity index (χ2v) is 6.60. The van der Waals surface area contributed by atoms with E-state index in [1.165, 1.54) is 11.8 Å². The summed E-state index contributed by atoms with van der Waals surface area (Å²) in [6, 6.07) is 3.55. The molecular formula is C18H27NO4. The number of benzene rings is 1. The number of rotatable bonds is 5. The third kappa shape index (κ3) is 4.47. The maximum atomic E-state index is 12.4. The number of hydrogen-bond donors (Lipinski definition) is 1. The predicted octanol–water partition coefficient (Wildman–Crippen LogP) is 3.27. The summed E-state index contributed by atoms with van der Waals surface area (Å²) in [5.74, 6) is -0.781. The molecule has 1 amide bonds. The molecule has 1 aromatic rings. The van der Waals surface area contributed by atoms with Gasteiger partial charge in [-0.25, -0.2) is 4.79 Å². The largest absolute Gasteiger partial charge is 0.507 e. The first-order chi connectivity index (χ1) is 10.6. The van der Waals surface area contributed by atoms with E-state index in [0.717, 1.165) is 5.56 Å². The van der Waals surface area contributed by atoms with Gasteiger partial charge in [-0.15, -0.1) is 0 Å². The number of phenols is 1. The fourth-order valence-electron chi connectivity index (χ4n) is 2.25. The minimum absolute atomic E-state index is 0.0704. The number of carbonyl (C=O) groups excluding carboxylic acids is 2. The van der Waals surface area contributed by atoms with Gasteiger partial charge in [0.25, 0.3) is 5.91 Å². The van der Waals surface area contributed by atoms with Gasteiger partial charge in [-0.05, 0) is 36.0 Å². The summed E-state index contributed by atoms with van der Waals surface area (Å²) in [5.41, 5.74) is 1.76. The van der Waals surface area contributed by atoms with E-state index >= 15 is 0 Å². The zero-order valence-electron chi connectivity index (χ0n) is 15.0. The zero-order chi connectivity index (χ0) is 17.9.